The van der Waals surface area contributed by atoms with Crippen molar-refractivity contribution in [3.8, 4) is 23.0 Å². The third kappa shape index (κ3) is 3.40. The molecule has 5 N–H and O–H groups in total. The number of carbonyl (C=O) groups is 1. The molecule has 0 saturated carbocycles. The molecule has 8 heteroatoms. The molecule has 1 heterocycles. The Kier molecular flexibility index (Phi) is 4.69. The fraction of sp³-hybridized carbons (Fsp3) is 0.211. The number of nitrogens with one attached hydrogen (secondary N) is 1. The molecular weight excluding hydrogens is 354 g/mol. The molecule has 2 aromatic rings. The smallest absolute Gasteiger partial charge is 0.244 e. The van der Waals surface area contributed by atoms with Gasteiger partial charge in [-0.25, -0.2) is 10.3 Å². The Labute approximate surface area is 154 Å². The van der Waals surface area contributed by atoms with E-state index in [1.54, 1.807) is 12.1 Å². The summed E-state index contributed by atoms with van der Waals surface area (Å²) < 4.78 is 5.65. The van der Waals surface area contributed by atoms with E-state index in [2.05, 4.69) is 0 Å². The van der Waals surface area contributed by atoms with E-state index in [-0.39, 0.29) is 17.1 Å². The quantitative estimate of drug-likeness (QED) is 0.315. The Morgan fingerprint density at radius 3 is 2.44 bits per heavy atom. The molecule has 142 valence electrons. The van der Waals surface area contributed by atoms with Gasteiger partial charge in [-0.15, -0.1) is 0 Å². The van der Waals surface area contributed by atoms with Gasteiger partial charge in [0.25, 0.3) is 0 Å². The highest BCUT2D eigenvalue weighted by Gasteiger charge is 2.41. The first-order valence-electron chi connectivity index (χ1n) is 8.20. The maximum Gasteiger partial charge on any atom is 0.244 e. The van der Waals surface area contributed by atoms with Crippen molar-refractivity contribution in [3.05, 3.63) is 53.1 Å². The molecule has 0 bridgehead atoms. The summed E-state index contributed by atoms with van der Waals surface area (Å²) in [6.07, 6.45) is 2.02. The Bertz CT molecular complexity index is 921. The third-order valence-electron chi connectivity index (χ3n) is 4.13. The predicted molar refractivity (Wildman–Crippen MR) is 94.7 cm³/mol. The van der Waals surface area contributed by atoms with Gasteiger partial charge >= 0.3 is 0 Å². The first kappa shape index (κ1) is 18.6. The van der Waals surface area contributed by atoms with Gasteiger partial charge in [0.1, 0.15) is 5.76 Å². The molecule has 0 saturated heterocycles. The minimum Gasteiger partial charge on any atom is -0.504 e. The van der Waals surface area contributed by atoms with Gasteiger partial charge in [-0.05, 0) is 18.1 Å². The summed E-state index contributed by atoms with van der Waals surface area (Å²) in [6.45, 7) is 3.19. The molecule has 27 heavy (non-hydrogen) atoms. The number of phenolic OH excluding ortho intramolecular Hbond substituents is 3. The number of hydroxylamine groups is 1. The van der Waals surface area contributed by atoms with E-state index in [1.807, 2.05) is 24.5 Å². The molecular formula is C19H19NO7. The number of aliphatic hydroxyl groups is 1. The minimum absolute atomic E-state index is 0.124. The monoisotopic (exact) mass is 373 g/mol. The summed E-state index contributed by atoms with van der Waals surface area (Å²) in [4.78, 5) is 16.3. The van der Waals surface area contributed by atoms with Crippen LogP contribution in [0.2, 0.25) is 0 Å². The lowest BCUT2D eigenvalue weighted by Gasteiger charge is -2.32. The number of hydrogen-bond acceptors (Lipinski definition) is 7. The fourth-order valence-corrected chi connectivity index (χ4v) is 2.67. The van der Waals surface area contributed by atoms with E-state index >= 15 is 0 Å². The molecule has 1 amide bonds. The van der Waals surface area contributed by atoms with Crippen molar-refractivity contribution >= 4 is 11.7 Å². The Hall–Kier alpha value is -3.23. The van der Waals surface area contributed by atoms with Crippen LogP contribution < -0.4 is 10.2 Å². The van der Waals surface area contributed by atoms with E-state index in [1.165, 1.54) is 13.0 Å². The van der Waals surface area contributed by atoms with Crippen LogP contribution in [0.25, 0.3) is 5.76 Å². The van der Waals surface area contributed by atoms with Gasteiger partial charge < -0.3 is 25.2 Å². The Morgan fingerprint density at radius 1 is 1.19 bits per heavy atom. The van der Waals surface area contributed by atoms with Crippen molar-refractivity contribution in [2.24, 2.45) is 0 Å². The van der Waals surface area contributed by atoms with Crippen molar-refractivity contribution in [2.75, 3.05) is 0 Å². The molecule has 3 rings (SSSR count). The number of benzene rings is 2. The highest BCUT2D eigenvalue weighted by molar-refractivity contribution is 5.73. The van der Waals surface area contributed by atoms with E-state index in [0.717, 1.165) is 18.1 Å². The first-order valence-corrected chi connectivity index (χ1v) is 8.20. The van der Waals surface area contributed by atoms with E-state index in [9.17, 15) is 25.2 Å². The standard InChI is InChI=1S/C19H19NO7/c1-3-11-4-6-12(7-5-11)15-9-19(25,27-20-10(2)21)13-8-14(22)16(23)17(24)18(13)26-15/h4-9,22-25H,3H2,1-2H3,(H,20,21). The van der Waals surface area contributed by atoms with Crippen LogP contribution in [0.3, 0.4) is 0 Å². The second kappa shape index (κ2) is 6.82. The van der Waals surface area contributed by atoms with Crippen LogP contribution in [-0.2, 0) is 21.8 Å². The average molecular weight is 373 g/mol. The number of hydrogen-bond donors (Lipinski definition) is 5. The van der Waals surface area contributed by atoms with Gasteiger partial charge in [-0.1, -0.05) is 31.2 Å². The van der Waals surface area contributed by atoms with Crippen molar-refractivity contribution in [1.82, 2.24) is 5.48 Å². The molecule has 0 aliphatic carbocycles. The summed E-state index contributed by atoms with van der Waals surface area (Å²) >= 11 is 0. The summed E-state index contributed by atoms with van der Waals surface area (Å²) in [5.74, 6) is -5.30. The lowest BCUT2D eigenvalue weighted by molar-refractivity contribution is -0.217. The van der Waals surface area contributed by atoms with Crippen LogP contribution in [0.5, 0.6) is 23.0 Å². The number of ether oxygens (including phenoxy) is 1. The molecule has 1 aliphatic heterocycles. The van der Waals surface area contributed by atoms with Gasteiger partial charge in [0.2, 0.25) is 23.2 Å². The van der Waals surface area contributed by atoms with Crippen LogP contribution in [-0.4, -0.2) is 26.3 Å². The number of aromatic hydroxyl groups is 3. The molecule has 0 aromatic heterocycles. The maximum atomic E-state index is 11.2. The summed E-state index contributed by atoms with van der Waals surface area (Å²) in [6, 6.07) is 8.23. The first-order chi connectivity index (χ1) is 12.7. The molecule has 1 unspecified atom stereocenters. The SMILES string of the molecule is CCc1ccc(C2=CC(O)(ONC(C)=O)c3cc(O)c(O)c(O)c3O2)cc1. The largest absolute Gasteiger partial charge is 0.504 e. The maximum absolute atomic E-state index is 11.2. The number of aryl methyl sites for hydroxylation is 1. The van der Waals surface area contributed by atoms with E-state index in [4.69, 9.17) is 9.57 Å². The molecule has 0 fully saturated rings. The number of phenols is 3. The molecule has 2 aromatic carbocycles. The lowest BCUT2D eigenvalue weighted by Crippen LogP contribution is -2.38. The average Bonchev–Trinajstić information content (AvgIpc) is 2.65. The number of carbonyl (C=O) groups excluding carboxylic acids is 1. The molecule has 0 radical (unpaired) electrons. The molecule has 8 nitrogen and oxygen atoms in total. The summed E-state index contributed by atoms with van der Waals surface area (Å²) in [7, 11) is 0. The second-order valence-corrected chi connectivity index (χ2v) is 6.09. The second-order valence-electron chi connectivity index (χ2n) is 6.09. The topological polar surface area (TPSA) is 128 Å². The number of amides is 1. The van der Waals surface area contributed by atoms with Gasteiger partial charge in [-0.3, -0.25) is 4.79 Å². The van der Waals surface area contributed by atoms with Crippen LogP contribution in [0.1, 0.15) is 30.5 Å². The highest BCUT2D eigenvalue weighted by atomic mass is 16.7. The van der Waals surface area contributed by atoms with Gasteiger partial charge in [-0.2, -0.15) is 0 Å². The molecule has 1 aliphatic rings. The normalized spacial score (nSPS) is 18.3. The van der Waals surface area contributed by atoms with E-state index in [0.29, 0.717) is 5.56 Å². The van der Waals surface area contributed by atoms with Crippen molar-refractivity contribution < 1.29 is 34.8 Å². The van der Waals surface area contributed by atoms with Crippen LogP contribution >= 0.6 is 0 Å². The van der Waals surface area contributed by atoms with Gasteiger partial charge in [0.05, 0.1) is 5.56 Å². The lowest BCUT2D eigenvalue weighted by atomic mass is 9.97. The zero-order valence-electron chi connectivity index (χ0n) is 14.7. The zero-order chi connectivity index (χ0) is 19.8. The third-order valence-corrected chi connectivity index (χ3v) is 4.13. The van der Waals surface area contributed by atoms with Crippen molar-refractivity contribution in [2.45, 2.75) is 26.1 Å². The molecule has 0 spiro atoms. The number of fused-ring (bicyclic) bond motifs is 1. The Balaban J connectivity index is 2.13. The van der Waals surface area contributed by atoms with Crippen molar-refractivity contribution in [1.29, 1.82) is 0 Å². The Morgan fingerprint density at radius 2 is 1.85 bits per heavy atom. The van der Waals surface area contributed by atoms with Crippen LogP contribution in [0, 0.1) is 0 Å². The van der Waals surface area contributed by atoms with Crippen LogP contribution in [0.15, 0.2) is 36.4 Å². The summed E-state index contributed by atoms with van der Waals surface area (Å²) in [5, 5.41) is 40.7. The predicted octanol–water partition coefficient (Wildman–Crippen LogP) is 2.01. The van der Waals surface area contributed by atoms with Gasteiger partial charge in [0.15, 0.2) is 11.5 Å². The van der Waals surface area contributed by atoms with Crippen LogP contribution in [0.4, 0.5) is 0 Å². The fourth-order valence-electron chi connectivity index (χ4n) is 2.67. The highest BCUT2D eigenvalue weighted by Crippen LogP contribution is 2.52. The molecule has 1 atom stereocenters. The van der Waals surface area contributed by atoms with Gasteiger partial charge in [0, 0.05) is 18.6 Å². The summed E-state index contributed by atoms with van der Waals surface area (Å²) in [5.41, 5.74) is 3.48. The van der Waals surface area contributed by atoms with Crippen molar-refractivity contribution in [3.63, 3.8) is 0 Å². The number of rotatable bonds is 4. The zero-order valence-corrected chi connectivity index (χ0v) is 14.7. The minimum atomic E-state index is -2.26. The van der Waals surface area contributed by atoms with E-state index < -0.39 is 28.9 Å².